The number of carbonyl (C=O) groups is 3. The SMILES string of the molecule is COB(OC)c1ccc(C[C@@H](NC(=O)C[C@@H](O)CNC(=O)OCc2ccccc2)C(=O)OC)cc1. The Bertz CT molecular complexity index is 938. The van der Waals surface area contributed by atoms with Crippen LogP contribution >= 0.6 is 0 Å². The van der Waals surface area contributed by atoms with Crippen LogP contribution in [0, 0.1) is 0 Å². The molecule has 188 valence electrons. The van der Waals surface area contributed by atoms with Crippen molar-refractivity contribution >= 4 is 30.6 Å². The lowest BCUT2D eigenvalue weighted by atomic mass is 9.78. The van der Waals surface area contributed by atoms with Crippen molar-refractivity contribution in [3.8, 4) is 0 Å². The number of ether oxygens (including phenoxy) is 2. The summed E-state index contributed by atoms with van der Waals surface area (Å²) < 4.78 is 20.3. The Labute approximate surface area is 205 Å². The molecule has 0 saturated heterocycles. The third-order valence-electron chi connectivity index (χ3n) is 5.06. The van der Waals surface area contributed by atoms with Gasteiger partial charge in [0, 0.05) is 27.2 Å². The number of esters is 1. The minimum absolute atomic E-state index is 0.0859. The normalized spacial score (nSPS) is 12.2. The van der Waals surface area contributed by atoms with Crippen LogP contribution in [0.3, 0.4) is 0 Å². The molecule has 0 aromatic heterocycles. The second kappa shape index (κ2) is 14.8. The van der Waals surface area contributed by atoms with E-state index in [4.69, 9.17) is 18.8 Å². The second-order valence-corrected chi connectivity index (χ2v) is 7.69. The average molecular weight is 486 g/mol. The Balaban J connectivity index is 1.82. The molecule has 0 unspecified atom stereocenters. The number of benzene rings is 2. The van der Waals surface area contributed by atoms with Crippen LogP contribution in [-0.4, -0.2) is 70.2 Å². The van der Waals surface area contributed by atoms with Crippen molar-refractivity contribution in [2.45, 2.75) is 31.6 Å². The smallest absolute Gasteiger partial charge is 0.467 e. The van der Waals surface area contributed by atoms with E-state index in [1.165, 1.54) is 21.3 Å². The highest BCUT2D eigenvalue weighted by Gasteiger charge is 2.24. The topological polar surface area (TPSA) is 132 Å². The van der Waals surface area contributed by atoms with Gasteiger partial charge < -0.3 is 34.5 Å². The summed E-state index contributed by atoms with van der Waals surface area (Å²) >= 11 is 0. The molecule has 0 aliphatic heterocycles. The molecule has 35 heavy (non-hydrogen) atoms. The molecule has 0 saturated carbocycles. The molecule has 0 radical (unpaired) electrons. The van der Waals surface area contributed by atoms with Crippen molar-refractivity contribution in [2.24, 2.45) is 0 Å². The van der Waals surface area contributed by atoms with Crippen molar-refractivity contribution in [1.29, 1.82) is 0 Å². The third-order valence-corrected chi connectivity index (χ3v) is 5.06. The number of aliphatic hydroxyl groups is 1. The van der Waals surface area contributed by atoms with Crippen molar-refractivity contribution in [3.05, 3.63) is 65.7 Å². The van der Waals surface area contributed by atoms with Crippen LogP contribution in [0.25, 0.3) is 0 Å². The quantitative estimate of drug-likeness (QED) is 0.276. The van der Waals surface area contributed by atoms with Crippen LogP contribution in [0.5, 0.6) is 0 Å². The zero-order chi connectivity index (χ0) is 25.6. The number of hydrogen-bond donors (Lipinski definition) is 3. The van der Waals surface area contributed by atoms with Crippen LogP contribution in [0.4, 0.5) is 4.79 Å². The predicted molar refractivity (Wildman–Crippen MR) is 129 cm³/mol. The van der Waals surface area contributed by atoms with Gasteiger partial charge in [-0.15, -0.1) is 0 Å². The van der Waals surface area contributed by atoms with Gasteiger partial charge >= 0.3 is 19.2 Å². The van der Waals surface area contributed by atoms with Gasteiger partial charge in [0.1, 0.15) is 12.6 Å². The summed E-state index contributed by atoms with van der Waals surface area (Å²) in [5.41, 5.74) is 2.40. The van der Waals surface area contributed by atoms with Crippen molar-refractivity contribution in [3.63, 3.8) is 0 Å². The third kappa shape index (κ3) is 9.77. The zero-order valence-electron chi connectivity index (χ0n) is 20.1. The highest BCUT2D eigenvalue weighted by Crippen LogP contribution is 2.06. The van der Waals surface area contributed by atoms with E-state index >= 15 is 0 Å². The van der Waals surface area contributed by atoms with Crippen LogP contribution in [0.2, 0.25) is 0 Å². The van der Waals surface area contributed by atoms with Gasteiger partial charge in [-0.25, -0.2) is 9.59 Å². The van der Waals surface area contributed by atoms with Gasteiger partial charge in [-0.05, 0) is 16.6 Å². The number of carbonyl (C=O) groups excluding carboxylic acids is 3. The minimum atomic E-state index is -1.17. The highest BCUT2D eigenvalue weighted by atomic mass is 16.6. The first-order valence-corrected chi connectivity index (χ1v) is 11.0. The van der Waals surface area contributed by atoms with Gasteiger partial charge in [0.05, 0.1) is 19.6 Å². The van der Waals surface area contributed by atoms with Crippen LogP contribution in [0.1, 0.15) is 17.5 Å². The first-order valence-electron chi connectivity index (χ1n) is 11.0. The number of alkyl carbamates (subject to hydrolysis) is 1. The fraction of sp³-hybridized carbons (Fsp3) is 0.375. The monoisotopic (exact) mass is 486 g/mol. The number of nitrogens with one attached hydrogen (secondary N) is 2. The van der Waals surface area contributed by atoms with E-state index in [0.29, 0.717) is 0 Å². The summed E-state index contributed by atoms with van der Waals surface area (Å²) in [7, 11) is 3.78. The van der Waals surface area contributed by atoms with Gasteiger partial charge in [0.25, 0.3) is 0 Å². The van der Waals surface area contributed by atoms with Crippen LogP contribution in [-0.2, 0) is 41.4 Å². The van der Waals surface area contributed by atoms with E-state index in [2.05, 4.69) is 10.6 Å². The predicted octanol–water partition coefficient (Wildman–Crippen LogP) is 0.552. The molecule has 2 aromatic rings. The molecule has 0 heterocycles. The maximum atomic E-state index is 12.4. The fourth-order valence-electron chi connectivity index (χ4n) is 3.27. The standard InChI is InChI=1S/C24H31BN2O8/c1-32-23(30)21(13-17-9-11-19(12-10-17)25(33-2)34-3)27-22(29)14-20(28)15-26-24(31)35-16-18-7-5-4-6-8-18/h4-12,20-21,28H,13-16H2,1-3H3,(H,26,31)(H,27,29)/t20-,21-/m1/s1. The molecule has 2 aromatic carbocycles. The highest BCUT2D eigenvalue weighted by molar-refractivity contribution is 6.61. The number of methoxy groups -OCH3 is 1. The number of rotatable bonds is 13. The van der Waals surface area contributed by atoms with E-state index in [0.717, 1.165) is 16.6 Å². The summed E-state index contributed by atoms with van der Waals surface area (Å²) in [5.74, 6) is -1.19. The second-order valence-electron chi connectivity index (χ2n) is 7.69. The molecule has 11 heteroatoms. The molecule has 2 atom stereocenters. The van der Waals surface area contributed by atoms with Gasteiger partial charge in [0.2, 0.25) is 5.91 Å². The molecule has 2 rings (SSSR count). The average Bonchev–Trinajstić information content (AvgIpc) is 2.87. The minimum Gasteiger partial charge on any atom is -0.467 e. The van der Waals surface area contributed by atoms with E-state index in [9.17, 15) is 19.5 Å². The molecule has 0 spiro atoms. The molecule has 0 fully saturated rings. The molecular formula is C24H31BN2O8. The Morgan fingerprint density at radius 1 is 0.943 bits per heavy atom. The van der Waals surface area contributed by atoms with Crippen molar-refractivity contribution < 1.29 is 38.3 Å². The largest absolute Gasteiger partial charge is 0.493 e. The van der Waals surface area contributed by atoms with Gasteiger partial charge in [0.15, 0.2) is 0 Å². The summed E-state index contributed by atoms with van der Waals surface area (Å²) in [6.07, 6.45) is -2.02. The lowest BCUT2D eigenvalue weighted by molar-refractivity contribution is -0.145. The molecule has 0 aliphatic rings. The molecule has 0 aliphatic carbocycles. The van der Waals surface area contributed by atoms with Crippen molar-refractivity contribution in [2.75, 3.05) is 27.9 Å². The Hall–Kier alpha value is -3.41. The Morgan fingerprint density at radius 3 is 2.20 bits per heavy atom. The number of hydrogen-bond acceptors (Lipinski definition) is 8. The molecule has 10 nitrogen and oxygen atoms in total. The van der Waals surface area contributed by atoms with Crippen LogP contribution in [0.15, 0.2) is 54.6 Å². The Kier molecular flexibility index (Phi) is 11.7. The summed E-state index contributed by atoms with van der Waals surface area (Å²) in [6.45, 7) is -0.103. The summed E-state index contributed by atoms with van der Waals surface area (Å²) in [5, 5.41) is 15.1. The molecule has 0 bridgehead atoms. The summed E-state index contributed by atoms with van der Waals surface area (Å²) in [4.78, 5) is 36.4. The van der Waals surface area contributed by atoms with E-state index in [1.54, 1.807) is 24.3 Å². The Morgan fingerprint density at radius 2 is 1.60 bits per heavy atom. The maximum absolute atomic E-state index is 12.4. The number of aliphatic hydroxyl groups excluding tert-OH is 1. The summed E-state index contributed by atoms with van der Waals surface area (Å²) in [6, 6.07) is 15.4. The fourth-order valence-corrected chi connectivity index (χ4v) is 3.27. The molecule has 2 amide bonds. The molecular weight excluding hydrogens is 455 g/mol. The van der Waals surface area contributed by atoms with E-state index in [1.807, 2.05) is 30.3 Å². The molecule has 3 N–H and O–H groups in total. The van der Waals surface area contributed by atoms with Crippen molar-refractivity contribution in [1.82, 2.24) is 10.6 Å². The van der Waals surface area contributed by atoms with Gasteiger partial charge in [-0.2, -0.15) is 0 Å². The lowest BCUT2D eigenvalue weighted by Crippen LogP contribution is -2.45. The lowest BCUT2D eigenvalue weighted by Gasteiger charge is -2.18. The van der Waals surface area contributed by atoms with E-state index in [-0.39, 0.29) is 26.0 Å². The van der Waals surface area contributed by atoms with E-state index < -0.39 is 37.2 Å². The van der Waals surface area contributed by atoms with Gasteiger partial charge in [-0.3, -0.25) is 4.79 Å². The number of amides is 2. The zero-order valence-corrected chi connectivity index (χ0v) is 20.1. The van der Waals surface area contributed by atoms with Crippen LogP contribution < -0.4 is 16.1 Å². The maximum Gasteiger partial charge on any atom is 0.493 e. The van der Waals surface area contributed by atoms with Gasteiger partial charge in [-0.1, -0.05) is 54.6 Å². The first kappa shape index (κ1) is 27.8. The first-order chi connectivity index (χ1) is 16.9.